The van der Waals surface area contributed by atoms with E-state index >= 15 is 0 Å². The van der Waals surface area contributed by atoms with Crippen molar-refractivity contribution < 1.29 is 9.59 Å². The maximum Gasteiger partial charge on any atom is 0.258 e. The van der Waals surface area contributed by atoms with E-state index in [-0.39, 0.29) is 17.9 Å². The number of hydrogen-bond acceptors (Lipinski definition) is 4. The highest BCUT2D eigenvalue weighted by Crippen LogP contribution is 2.38. The van der Waals surface area contributed by atoms with Crippen LogP contribution in [-0.2, 0) is 11.3 Å². The Bertz CT molecular complexity index is 1230. The van der Waals surface area contributed by atoms with E-state index in [9.17, 15) is 9.59 Å². The molecule has 0 fully saturated rings. The van der Waals surface area contributed by atoms with Gasteiger partial charge in [0.2, 0.25) is 0 Å². The summed E-state index contributed by atoms with van der Waals surface area (Å²) in [5, 5.41) is 9.31. The molecule has 3 aromatic rings. The molecule has 6 nitrogen and oxygen atoms in total. The van der Waals surface area contributed by atoms with Crippen molar-refractivity contribution in [3.8, 4) is 0 Å². The Morgan fingerprint density at radius 2 is 1.65 bits per heavy atom. The quantitative estimate of drug-likeness (QED) is 0.448. The van der Waals surface area contributed by atoms with Crippen LogP contribution in [-0.4, -0.2) is 36.9 Å². The van der Waals surface area contributed by atoms with Crippen LogP contribution in [0.4, 0.5) is 11.4 Å². The second-order valence-corrected chi connectivity index (χ2v) is 9.02. The van der Waals surface area contributed by atoms with Crippen LogP contribution >= 0.6 is 0 Å². The zero-order chi connectivity index (χ0) is 24.2. The molecule has 4 rings (SSSR count). The fraction of sp³-hybridized carbons (Fsp3) is 0.214. The van der Waals surface area contributed by atoms with Gasteiger partial charge in [-0.05, 0) is 63.3 Å². The van der Waals surface area contributed by atoms with Crippen LogP contribution < -0.4 is 16.0 Å². The van der Waals surface area contributed by atoms with E-state index in [4.69, 9.17) is 0 Å². The van der Waals surface area contributed by atoms with E-state index in [1.54, 1.807) is 12.1 Å². The Morgan fingerprint density at radius 1 is 0.941 bits per heavy atom. The number of benzene rings is 3. The number of carbonyl (C=O) groups is 2. The molecule has 0 spiro atoms. The standard InChI is InChI=1S/C28H30N4O2/c1-18(2)29-27(33)21-12-15-23-24(16-21)31-28(34)25(23)26(20-8-6-5-7-9-20)30-22-13-10-19(11-14-22)17-32(3)4/h5-16,18,30H,17H2,1-4H3,(H,29,33)(H,31,34)/b26-25-. The smallest absolute Gasteiger partial charge is 0.258 e. The summed E-state index contributed by atoms with van der Waals surface area (Å²) < 4.78 is 0. The van der Waals surface area contributed by atoms with Crippen LogP contribution in [0.5, 0.6) is 0 Å². The largest absolute Gasteiger partial charge is 0.354 e. The van der Waals surface area contributed by atoms with E-state index in [1.807, 2.05) is 76.5 Å². The van der Waals surface area contributed by atoms with Crippen molar-refractivity contribution in [2.24, 2.45) is 0 Å². The zero-order valence-electron chi connectivity index (χ0n) is 20.0. The van der Waals surface area contributed by atoms with E-state index in [0.29, 0.717) is 16.8 Å². The molecule has 0 bridgehead atoms. The zero-order valence-corrected chi connectivity index (χ0v) is 20.0. The molecule has 0 aliphatic carbocycles. The van der Waals surface area contributed by atoms with E-state index < -0.39 is 0 Å². The molecule has 0 unspecified atom stereocenters. The molecule has 1 aliphatic rings. The molecule has 1 aliphatic heterocycles. The lowest BCUT2D eigenvalue weighted by Crippen LogP contribution is -2.30. The molecule has 0 aromatic heterocycles. The van der Waals surface area contributed by atoms with Crippen molar-refractivity contribution in [2.45, 2.75) is 26.4 Å². The van der Waals surface area contributed by atoms with Gasteiger partial charge in [0.1, 0.15) is 0 Å². The Labute approximate surface area is 200 Å². The Morgan fingerprint density at radius 3 is 2.29 bits per heavy atom. The topological polar surface area (TPSA) is 73.5 Å². The highest BCUT2D eigenvalue weighted by molar-refractivity contribution is 6.37. The minimum atomic E-state index is -0.202. The van der Waals surface area contributed by atoms with Crippen LogP contribution in [0, 0.1) is 0 Å². The first-order chi connectivity index (χ1) is 16.3. The van der Waals surface area contributed by atoms with Crippen molar-refractivity contribution >= 4 is 34.5 Å². The predicted molar refractivity (Wildman–Crippen MR) is 138 cm³/mol. The van der Waals surface area contributed by atoms with Gasteiger partial charge in [0.05, 0.1) is 11.3 Å². The highest BCUT2D eigenvalue weighted by atomic mass is 16.2. The normalized spacial score (nSPS) is 14.1. The first-order valence-corrected chi connectivity index (χ1v) is 11.4. The van der Waals surface area contributed by atoms with Gasteiger partial charge in [0.25, 0.3) is 11.8 Å². The van der Waals surface area contributed by atoms with Crippen molar-refractivity contribution in [3.63, 3.8) is 0 Å². The van der Waals surface area contributed by atoms with Gasteiger partial charge < -0.3 is 20.9 Å². The van der Waals surface area contributed by atoms with Gasteiger partial charge in [0, 0.05) is 35.1 Å². The Hall–Kier alpha value is -3.90. The number of hydrogen-bond donors (Lipinski definition) is 3. The molecular formula is C28H30N4O2. The third-order valence-corrected chi connectivity index (χ3v) is 5.48. The van der Waals surface area contributed by atoms with Crippen LogP contribution in [0.1, 0.15) is 40.9 Å². The lowest BCUT2D eigenvalue weighted by Gasteiger charge is -2.16. The molecule has 0 radical (unpaired) electrons. The van der Waals surface area contributed by atoms with Crippen LogP contribution in [0.3, 0.4) is 0 Å². The molecule has 6 heteroatoms. The molecule has 0 atom stereocenters. The molecular weight excluding hydrogens is 424 g/mol. The second kappa shape index (κ2) is 9.93. The van der Waals surface area contributed by atoms with Crippen LogP contribution in [0.2, 0.25) is 0 Å². The number of amides is 2. The Balaban J connectivity index is 1.75. The number of anilines is 2. The summed E-state index contributed by atoms with van der Waals surface area (Å²) in [4.78, 5) is 27.7. The fourth-order valence-electron chi connectivity index (χ4n) is 3.99. The third-order valence-electron chi connectivity index (χ3n) is 5.48. The van der Waals surface area contributed by atoms with E-state index in [0.717, 1.165) is 29.1 Å². The minimum absolute atomic E-state index is 0.0313. The van der Waals surface area contributed by atoms with Gasteiger partial charge in [0.15, 0.2) is 0 Å². The van der Waals surface area contributed by atoms with Gasteiger partial charge in [-0.15, -0.1) is 0 Å². The van der Waals surface area contributed by atoms with Crippen molar-refractivity contribution in [3.05, 3.63) is 95.1 Å². The molecule has 174 valence electrons. The Kier molecular flexibility index (Phi) is 6.80. The maximum absolute atomic E-state index is 13.2. The summed E-state index contributed by atoms with van der Waals surface area (Å²) >= 11 is 0. The molecule has 3 aromatic carbocycles. The van der Waals surface area contributed by atoms with Gasteiger partial charge in [-0.3, -0.25) is 9.59 Å². The average molecular weight is 455 g/mol. The van der Waals surface area contributed by atoms with Crippen molar-refractivity contribution in [1.82, 2.24) is 10.2 Å². The lowest BCUT2D eigenvalue weighted by atomic mass is 9.98. The molecule has 2 amide bonds. The molecule has 0 saturated heterocycles. The number of carbonyl (C=O) groups excluding carboxylic acids is 2. The number of nitrogens with one attached hydrogen (secondary N) is 3. The molecule has 1 heterocycles. The lowest BCUT2D eigenvalue weighted by molar-refractivity contribution is -0.110. The predicted octanol–water partition coefficient (Wildman–Crippen LogP) is 4.82. The molecule has 3 N–H and O–H groups in total. The van der Waals surface area contributed by atoms with Gasteiger partial charge in [-0.2, -0.15) is 0 Å². The van der Waals surface area contributed by atoms with E-state index in [2.05, 4.69) is 33.0 Å². The number of rotatable bonds is 7. The summed E-state index contributed by atoms with van der Waals surface area (Å²) in [6.07, 6.45) is 0. The average Bonchev–Trinajstić information content (AvgIpc) is 3.13. The second-order valence-electron chi connectivity index (χ2n) is 9.02. The summed E-state index contributed by atoms with van der Waals surface area (Å²) in [5.74, 6) is -0.365. The van der Waals surface area contributed by atoms with Crippen LogP contribution in [0.15, 0.2) is 72.8 Å². The van der Waals surface area contributed by atoms with Crippen molar-refractivity contribution in [2.75, 3.05) is 24.7 Å². The molecule has 0 saturated carbocycles. The molecule has 34 heavy (non-hydrogen) atoms. The summed E-state index contributed by atoms with van der Waals surface area (Å²) in [6, 6.07) is 23.4. The summed E-state index contributed by atoms with van der Waals surface area (Å²) in [7, 11) is 4.08. The SMILES string of the molecule is CC(C)NC(=O)c1ccc2c(c1)NC(=O)/C2=C(\Nc1ccc(CN(C)C)cc1)c1ccccc1. The van der Waals surface area contributed by atoms with Gasteiger partial charge >= 0.3 is 0 Å². The fourth-order valence-corrected chi connectivity index (χ4v) is 3.99. The summed E-state index contributed by atoms with van der Waals surface area (Å²) in [5.41, 5.74) is 6.18. The first kappa shape index (κ1) is 23.3. The monoisotopic (exact) mass is 454 g/mol. The maximum atomic E-state index is 13.2. The van der Waals surface area contributed by atoms with Crippen molar-refractivity contribution in [1.29, 1.82) is 0 Å². The number of nitrogens with zero attached hydrogens (tertiary/aromatic N) is 1. The van der Waals surface area contributed by atoms with Gasteiger partial charge in [-0.1, -0.05) is 48.5 Å². The highest BCUT2D eigenvalue weighted by Gasteiger charge is 2.29. The van der Waals surface area contributed by atoms with Crippen LogP contribution in [0.25, 0.3) is 11.3 Å². The minimum Gasteiger partial charge on any atom is -0.354 e. The first-order valence-electron chi connectivity index (χ1n) is 11.4. The third kappa shape index (κ3) is 5.18. The van der Waals surface area contributed by atoms with Gasteiger partial charge in [-0.25, -0.2) is 0 Å². The van der Waals surface area contributed by atoms with E-state index in [1.165, 1.54) is 5.56 Å². The number of fused-ring (bicyclic) bond motifs is 1. The summed E-state index contributed by atoms with van der Waals surface area (Å²) in [6.45, 7) is 4.69.